The Balaban J connectivity index is 2.80. The highest BCUT2D eigenvalue weighted by Gasteiger charge is 2.30. The number of aromatic nitrogens is 4. The molecule has 0 saturated heterocycles. The maximum atomic E-state index is 6.38. The third kappa shape index (κ3) is 2.34. The van der Waals surface area contributed by atoms with E-state index in [9.17, 15) is 0 Å². The minimum atomic E-state index is -0.108. The Labute approximate surface area is 126 Å². The molecule has 2 aromatic heterocycles. The van der Waals surface area contributed by atoms with E-state index in [4.69, 9.17) is 16.6 Å². The van der Waals surface area contributed by atoms with Crippen molar-refractivity contribution in [2.45, 2.75) is 71.8 Å². The lowest BCUT2D eigenvalue weighted by molar-refractivity contribution is 0.318. The Morgan fingerprint density at radius 3 is 2.45 bits per heavy atom. The monoisotopic (exact) mass is 296 g/mol. The number of fused-ring (bicyclic) bond motifs is 1. The lowest BCUT2D eigenvalue weighted by Gasteiger charge is -2.29. The predicted octanol–water partition coefficient (Wildman–Crippen LogP) is 4.40. The maximum Gasteiger partial charge on any atom is 0.159 e. The van der Waals surface area contributed by atoms with Crippen molar-refractivity contribution in [2.24, 2.45) is 0 Å². The van der Waals surface area contributed by atoms with Crippen LogP contribution in [0, 0.1) is 6.92 Å². The normalized spacial score (nSPS) is 14.2. The molecule has 0 amide bonds. The molecule has 2 heterocycles. The second-order valence-corrected chi connectivity index (χ2v) is 6.71. The van der Waals surface area contributed by atoms with E-state index in [1.54, 1.807) is 0 Å². The van der Waals surface area contributed by atoms with E-state index in [-0.39, 0.29) is 10.9 Å². The third-order valence-corrected chi connectivity index (χ3v) is 4.05. The molecule has 0 aromatic carbocycles. The van der Waals surface area contributed by atoms with Crippen LogP contribution in [-0.2, 0) is 12.1 Å². The van der Waals surface area contributed by atoms with Crippen LogP contribution in [0.2, 0.25) is 0 Å². The highest BCUT2D eigenvalue weighted by atomic mass is 35.5. The predicted molar refractivity (Wildman–Crippen MR) is 84.4 cm³/mol. The van der Waals surface area contributed by atoms with Gasteiger partial charge in [-0.1, -0.05) is 13.3 Å². The molecular weight excluding hydrogens is 272 g/mol. The van der Waals surface area contributed by atoms with Crippen LogP contribution in [0.3, 0.4) is 0 Å². The van der Waals surface area contributed by atoms with Gasteiger partial charge in [-0.3, -0.25) is 0 Å². The number of alkyl halides is 1. The van der Waals surface area contributed by atoms with Gasteiger partial charge in [0.15, 0.2) is 5.65 Å². The summed E-state index contributed by atoms with van der Waals surface area (Å²) in [5.74, 6) is 0.947. The minimum absolute atomic E-state index is 0.0125. The number of aryl methyl sites for hydroxylation is 2. The van der Waals surface area contributed by atoms with Crippen molar-refractivity contribution in [1.29, 1.82) is 0 Å². The van der Waals surface area contributed by atoms with Crippen LogP contribution in [0.5, 0.6) is 0 Å². The number of hydrogen-bond donors (Lipinski definition) is 0. The fourth-order valence-electron chi connectivity index (χ4n) is 2.99. The SMILES string of the molecule is CCCC(C)(C)n1c(C(C)Cl)nc2c(C)nn(CC)c21. The molecule has 0 radical (unpaired) electrons. The van der Waals surface area contributed by atoms with Gasteiger partial charge in [0.2, 0.25) is 0 Å². The van der Waals surface area contributed by atoms with Crippen molar-refractivity contribution in [3.63, 3.8) is 0 Å². The molecule has 0 aliphatic carbocycles. The summed E-state index contributed by atoms with van der Waals surface area (Å²) in [7, 11) is 0. The molecule has 2 rings (SSSR count). The first-order valence-corrected chi connectivity index (χ1v) is 7.87. The van der Waals surface area contributed by atoms with Gasteiger partial charge in [-0.2, -0.15) is 5.10 Å². The van der Waals surface area contributed by atoms with E-state index < -0.39 is 0 Å². The average Bonchev–Trinajstić information content (AvgIpc) is 2.88. The molecule has 0 aliphatic heterocycles. The molecule has 1 unspecified atom stereocenters. The van der Waals surface area contributed by atoms with Gasteiger partial charge < -0.3 is 4.57 Å². The van der Waals surface area contributed by atoms with E-state index in [0.717, 1.165) is 42.1 Å². The standard InChI is InChI=1S/C15H25ClN4/c1-7-9-15(5,6)20-13(10(3)16)17-12-11(4)18-19(8-2)14(12)20/h10H,7-9H2,1-6H3. The Kier molecular flexibility index (Phi) is 4.14. The molecule has 0 fully saturated rings. The molecule has 4 nitrogen and oxygen atoms in total. The molecule has 0 aliphatic rings. The van der Waals surface area contributed by atoms with Crippen molar-refractivity contribution < 1.29 is 0 Å². The van der Waals surface area contributed by atoms with E-state index in [2.05, 4.69) is 37.4 Å². The highest BCUT2D eigenvalue weighted by Crippen LogP contribution is 2.34. The summed E-state index contributed by atoms with van der Waals surface area (Å²) in [5.41, 5.74) is 3.05. The Morgan fingerprint density at radius 1 is 1.30 bits per heavy atom. The van der Waals surface area contributed by atoms with Gasteiger partial charge in [0.05, 0.1) is 11.1 Å². The van der Waals surface area contributed by atoms with Crippen molar-refractivity contribution in [3.8, 4) is 0 Å². The molecule has 20 heavy (non-hydrogen) atoms. The van der Waals surface area contributed by atoms with E-state index in [1.165, 1.54) is 0 Å². The zero-order valence-corrected chi connectivity index (χ0v) is 14.1. The molecule has 2 aromatic rings. The van der Waals surface area contributed by atoms with Gasteiger partial charge in [-0.05, 0) is 41.0 Å². The fraction of sp³-hybridized carbons (Fsp3) is 0.733. The van der Waals surface area contributed by atoms with Gasteiger partial charge in [-0.25, -0.2) is 9.67 Å². The van der Waals surface area contributed by atoms with Gasteiger partial charge in [0.1, 0.15) is 11.3 Å². The van der Waals surface area contributed by atoms with Gasteiger partial charge in [-0.15, -0.1) is 11.6 Å². The topological polar surface area (TPSA) is 35.6 Å². The van der Waals surface area contributed by atoms with Crippen LogP contribution in [0.4, 0.5) is 0 Å². The smallest absolute Gasteiger partial charge is 0.159 e. The Bertz CT molecular complexity index is 607. The van der Waals surface area contributed by atoms with Crippen molar-refractivity contribution in [2.75, 3.05) is 0 Å². The number of rotatable bonds is 5. The molecular formula is C15H25ClN4. The number of halogens is 1. The van der Waals surface area contributed by atoms with Crippen LogP contribution in [0.15, 0.2) is 0 Å². The summed E-state index contributed by atoms with van der Waals surface area (Å²) in [6, 6.07) is 0. The summed E-state index contributed by atoms with van der Waals surface area (Å²) in [4.78, 5) is 4.78. The Hall–Kier alpha value is -1.03. The van der Waals surface area contributed by atoms with Crippen molar-refractivity contribution >= 4 is 22.8 Å². The van der Waals surface area contributed by atoms with Gasteiger partial charge >= 0.3 is 0 Å². The minimum Gasteiger partial charge on any atom is -0.306 e. The summed E-state index contributed by atoms with van der Waals surface area (Å²) in [6.45, 7) is 13.7. The summed E-state index contributed by atoms with van der Waals surface area (Å²) in [6.07, 6.45) is 2.21. The summed E-state index contributed by atoms with van der Waals surface area (Å²) < 4.78 is 4.34. The molecule has 112 valence electrons. The third-order valence-electron chi connectivity index (χ3n) is 3.86. The lowest BCUT2D eigenvalue weighted by atomic mass is 9.98. The Morgan fingerprint density at radius 2 is 1.95 bits per heavy atom. The molecule has 0 saturated carbocycles. The first-order chi connectivity index (χ1) is 9.33. The molecule has 1 atom stereocenters. The largest absolute Gasteiger partial charge is 0.306 e. The second kappa shape index (κ2) is 5.40. The average molecular weight is 297 g/mol. The highest BCUT2D eigenvalue weighted by molar-refractivity contribution is 6.20. The number of hydrogen-bond acceptors (Lipinski definition) is 2. The fourth-order valence-corrected chi connectivity index (χ4v) is 3.14. The first kappa shape index (κ1) is 15.4. The molecule has 0 N–H and O–H groups in total. The summed E-state index contributed by atoms with van der Waals surface area (Å²) in [5, 5.41) is 4.49. The van der Waals surface area contributed by atoms with Crippen LogP contribution < -0.4 is 0 Å². The van der Waals surface area contributed by atoms with Gasteiger partial charge in [0, 0.05) is 12.1 Å². The first-order valence-electron chi connectivity index (χ1n) is 7.43. The molecule has 0 bridgehead atoms. The number of imidazole rings is 1. The lowest BCUT2D eigenvalue weighted by Crippen LogP contribution is -2.29. The zero-order valence-electron chi connectivity index (χ0n) is 13.4. The van der Waals surface area contributed by atoms with Gasteiger partial charge in [0.25, 0.3) is 0 Å². The maximum absolute atomic E-state index is 6.38. The molecule has 5 heteroatoms. The van der Waals surface area contributed by atoms with Crippen molar-refractivity contribution in [3.05, 3.63) is 11.5 Å². The second-order valence-electron chi connectivity index (χ2n) is 6.06. The number of nitrogens with zero attached hydrogens (tertiary/aromatic N) is 4. The van der Waals surface area contributed by atoms with Crippen LogP contribution in [0.25, 0.3) is 11.2 Å². The van der Waals surface area contributed by atoms with Crippen LogP contribution >= 0.6 is 11.6 Å². The van der Waals surface area contributed by atoms with Crippen LogP contribution in [0.1, 0.15) is 64.4 Å². The quantitative estimate of drug-likeness (QED) is 0.767. The van der Waals surface area contributed by atoms with Crippen LogP contribution in [-0.4, -0.2) is 19.3 Å². The summed E-state index contributed by atoms with van der Waals surface area (Å²) >= 11 is 6.38. The van der Waals surface area contributed by atoms with E-state index in [0.29, 0.717) is 0 Å². The molecule has 0 spiro atoms. The van der Waals surface area contributed by atoms with E-state index >= 15 is 0 Å². The van der Waals surface area contributed by atoms with Crippen molar-refractivity contribution in [1.82, 2.24) is 19.3 Å². The van der Waals surface area contributed by atoms with E-state index in [1.807, 2.05) is 18.5 Å². The zero-order chi connectivity index (χ0) is 15.1.